The second-order valence-corrected chi connectivity index (χ2v) is 14.7. The van der Waals surface area contributed by atoms with Crippen molar-refractivity contribution in [2.45, 2.75) is 76.0 Å². The minimum Gasteiger partial charge on any atom is -0.485 e. The van der Waals surface area contributed by atoms with Crippen LogP contribution in [0.4, 0.5) is 0 Å². The molecule has 55 heavy (non-hydrogen) atoms. The Morgan fingerprint density at radius 1 is 0.509 bits per heavy atom. The van der Waals surface area contributed by atoms with Crippen molar-refractivity contribution < 1.29 is 23.7 Å². The van der Waals surface area contributed by atoms with Gasteiger partial charge in [0.15, 0.2) is 0 Å². The molecule has 0 N–H and O–H groups in total. The van der Waals surface area contributed by atoms with Crippen molar-refractivity contribution >= 4 is 0 Å². The maximum atomic E-state index is 7.14. The van der Waals surface area contributed by atoms with Crippen LogP contribution in [0.15, 0.2) is 164 Å². The van der Waals surface area contributed by atoms with Crippen molar-refractivity contribution in [2.24, 2.45) is 5.92 Å². The molecule has 2 aliphatic rings. The van der Waals surface area contributed by atoms with Crippen LogP contribution >= 0.6 is 0 Å². The lowest BCUT2D eigenvalue weighted by atomic mass is 9.80. The summed E-state index contributed by atoms with van der Waals surface area (Å²) in [5, 5.41) is 0. The van der Waals surface area contributed by atoms with E-state index >= 15 is 0 Å². The maximum Gasteiger partial charge on any atom is 0.145 e. The third kappa shape index (κ3) is 9.96. The van der Waals surface area contributed by atoms with Gasteiger partial charge in [0.05, 0.1) is 45.3 Å². The van der Waals surface area contributed by atoms with Gasteiger partial charge in [-0.15, -0.1) is 0 Å². The van der Waals surface area contributed by atoms with Gasteiger partial charge in [0.2, 0.25) is 0 Å². The Morgan fingerprint density at radius 2 is 1.02 bits per heavy atom. The van der Waals surface area contributed by atoms with E-state index in [1.54, 1.807) is 0 Å². The molecule has 0 aliphatic heterocycles. The summed E-state index contributed by atoms with van der Waals surface area (Å²) in [5.74, 6) is 1.35. The van der Waals surface area contributed by atoms with Crippen LogP contribution < -0.4 is 4.74 Å². The van der Waals surface area contributed by atoms with Gasteiger partial charge in [-0.1, -0.05) is 146 Å². The molecule has 2 aliphatic carbocycles. The van der Waals surface area contributed by atoms with E-state index in [-0.39, 0.29) is 18.1 Å². The van der Waals surface area contributed by atoms with Gasteiger partial charge in [-0.25, -0.2) is 0 Å². The maximum absolute atomic E-state index is 7.14. The van der Waals surface area contributed by atoms with E-state index in [9.17, 15) is 0 Å². The van der Waals surface area contributed by atoms with E-state index < -0.39 is 12.2 Å². The van der Waals surface area contributed by atoms with Crippen LogP contribution in [0.1, 0.15) is 53.0 Å². The minimum absolute atomic E-state index is 0.0623. The molecule has 0 bridgehead atoms. The number of hydrogen-bond acceptors (Lipinski definition) is 6. The zero-order chi connectivity index (χ0) is 37.1. The number of hydrogen-bond donors (Lipinski definition) is 0. The summed E-state index contributed by atoms with van der Waals surface area (Å²) in [6.07, 6.45) is 5.16. The largest absolute Gasteiger partial charge is 0.485 e. The first-order valence-corrected chi connectivity index (χ1v) is 19.6. The van der Waals surface area contributed by atoms with Crippen LogP contribution in [0.3, 0.4) is 0 Å². The Balaban J connectivity index is 1.14. The van der Waals surface area contributed by atoms with Crippen LogP contribution in [-0.2, 0) is 45.4 Å². The van der Waals surface area contributed by atoms with Crippen molar-refractivity contribution in [1.29, 1.82) is 0 Å². The molecule has 0 spiro atoms. The molecule has 0 amide bonds. The number of pyridine rings is 1. The summed E-state index contributed by atoms with van der Waals surface area (Å²) >= 11 is 0. The first-order valence-electron chi connectivity index (χ1n) is 19.6. The Labute approximate surface area is 325 Å². The zero-order valence-corrected chi connectivity index (χ0v) is 31.2. The molecule has 1 aromatic heterocycles. The summed E-state index contributed by atoms with van der Waals surface area (Å²) < 4.78 is 34.5. The van der Waals surface area contributed by atoms with Crippen molar-refractivity contribution in [3.63, 3.8) is 0 Å². The lowest BCUT2D eigenvalue weighted by molar-refractivity contribution is -0.220. The second-order valence-electron chi connectivity index (χ2n) is 14.7. The van der Waals surface area contributed by atoms with Gasteiger partial charge in [0, 0.05) is 17.7 Å². The highest BCUT2D eigenvalue weighted by Crippen LogP contribution is 2.42. The topological polar surface area (TPSA) is 59.0 Å². The SMILES string of the molecule is c1ccc(COC[C@H]2C[C@@H](Oc3cnccc3-c3ccc(C4CC4)cc3)[C@H](OCc3ccccc3)[C@H](OCc3ccccc3)[C@@H]2OCc2ccccc2)cc1. The normalized spacial score (nSPS) is 20.9. The first-order chi connectivity index (χ1) is 27.3. The van der Waals surface area contributed by atoms with E-state index in [1.165, 1.54) is 18.4 Å². The van der Waals surface area contributed by atoms with E-state index in [0.717, 1.165) is 39.1 Å². The number of ether oxygens (including phenoxy) is 5. The quantitative estimate of drug-likeness (QED) is 0.0931. The average Bonchev–Trinajstić information content (AvgIpc) is 4.10. The summed E-state index contributed by atoms with van der Waals surface area (Å²) in [7, 11) is 0. The van der Waals surface area contributed by atoms with Crippen LogP contribution in [-0.4, -0.2) is 36.0 Å². The van der Waals surface area contributed by atoms with Crippen molar-refractivity contribution in [3.8, 4) is 16.9 Å². The molecule has 0 radical (unpaired) electrons. The van der Waals surface area contributed by atoms with E-state index in [4.69, 9.17) is 23.7 Å². The van der Waals surface area contributed by atoms with Gasteiger partial charge >= 0.3 is 0 Å². The average molecular weight is 732 g/mol. The number of aromatic nitrogens is 1. The van der Waals surface area contributed by atoms with E-state index in [0.29, 0.717) is 45.4 Å². The first kappa shape index (κ1) is 36.8. The highest BCUT2D eigenvalue weighted by Gasteiger charge is 2.49. The third-order valence-corrected chi connectivity index (χ3v) is 10.6. The zero-order valence-electron chi connectivity index (χ0n) is 31.2. The van der Waals surface area contributed by atoms with Crippen LogP contribution in [0.5, 0.6) is 5.75 Å². The van der Waals surface area contributed by atoms with Crippen LogP contribution in [0.2, 0.25) is 0 Å². The van der Waals surface area contributed by atoms with Crippen LogP contribution in [0, 0.1) is 5.92 Å². The molecular formula is C49H49NO5. The molecule has 0 saturated heterocycles. The summed E-state index contributed by atoms with van der Waals surface area (Å²) in [4.78, 5) is 4.54. The molecule has 0 unspecified atom stereocenters. The van der Waals surface area contributed by atoms with Crippen molar-refractivity contribution in [1.82, 2.24) is 4.98 Å². The smallest absolute Gasteiger partial charge is 0.145 e. The minimum atomic E-state index is -0.477. The standard InChI is InChI=1S/C49H49NO5/c1-5-13-36(14-6-1)31-51-35-43-29-45(55-46-30-50-28-27-44(46)42-25-23-41(24-26-42)40-21-22-40)48(53-33-38-17-9-3-10-18-38)49(54-34-39-19-11-4-12-20-39)47(43)52-32-37-15-7-2-8-16-37/h1-20,23-28,30,40,43,45,47-49H,21-22,29,31-35H2/t43-,45-,47-,48+,49-/m1/s1. The fraction of sp³-hybridized carbons (Fsp3) is 0.286. The fourth-order valence-electron chi connectivity index (χ4n) is 7.56. The van der Waals surface area contributed by atoms with Crippen molar-refractivity contribution in [3.05, 3.63) is 192 Å². The molecule has 5 atom stereocenters. The molecule has 6 aromatic rings. The Kier molecular flexibility index (Phi) is 12.4. The molecule has 280 valence electrons. The molecule has 8 rings (SSSR count). The summed E-state index contributed by atoms with van der Waals surface area (Å²) in [5.41, 5.74) is 7.89. The molecule has 5 aromatic carbocycles. The monoisotopic (exact) mass is 731 g/mol. The molecule has 2 saturated carbocycles. The summed E-state index contributed by atoms with van der Waals surface area (Å²) in [6.45, 7) is 2.21. The summed E-state index contributed by atoms with van der Waals surface area (Å²) in [6, 6.07) is 52.2. The molecule has 6 nitrogen and oxygen atoms in total. The van der Waals surface area contributed by atoms with Crippen molar-refractivity contribution in [2.75, 3.05) is 6.61 Å². The highest BCUT2D eigenvalue weighted by molar-refractivity contribution is 5.70. The lowest BCUT2D eigenvalue weighted by Crippen LogP contribution is -2.59. The Morgan fingerprint density at radius 3 is 1.56 bits per heavy atom. The molecule has 6 heteroatoms. The van der Waals surface area contributed by atoms with Gasteiger partial charge in [-0.3, -0.25) is 4.98 Å². The van der Waals surface area contributed by atoms with Gasteiger partial charge in [0.25, 0.3) is 0 Å². The lowest BCUT2D eigenvalue weighted by Gasteiger charge is -2.46. The van der Waals surface area contributed by atoms with Gasteiger partial charge in [0.1, 0.15) is 24.1 Å². The number of nitrogens with zero attached hydrogens (tertiary/aromatic N) is 1. The number of rotatable bonds is 17. The fourth-order valence-corrected chi connectivity index (χ4v) is 7.56. The predicted molar refractivity (Wildman–Crippen MR) is 215 cm³/mol. The van der Waals surface area contributed by atoms with Gasteiger partial charge in [-0.2, -0.15) is 0 Å². The number of benzene rings is 5. The Bertz CT molecular complexity index is 2020. The predicted octanol–water partition coefficient (Wildman–Crippen LogP) is 10.4. The molecule has 1 heterocycles. The molecule has 2 fully saturated rings. The second kappa shape index (κ2) is 18.5. The van der Waals surface area contributed by atoms with Gasteiger partial charge < -0.3 is 23.7 Å². The van der Waals surface area contributed by atoms with Crippen LogP contribution in [0.25, 0.3) is 11.1 Å². The third-order valence-electron chi connectivity index (χ3n) is 10.6. The highest BCUT2D eigenvalue weighted by atomic mass is 16.6. The molecular weight excluding hydrogens is 683 g/mol. The van der Waals surface area contributed by atoms with E-state index in [1.807, 2.05) is 91.3 Å². The van der Waals surface area contributed by atoms with E-state index in [2.05, 4.69) is 77.8 Å². The van der Waals surface area contributed by atoms with Gasteiger partial charge in [-0.05, 0) is 64.6 Å². The Hall–Kier alpha value is -5.11.